The number of likely N-dealkylation sites (tertiary alicyclic amines) is 1. The van der Waals surface area contributed by atoms with Crippen LogP contribution in [0.5, 0.6) is 5.75 Å². The third-order valence-corrected chi connectivity index (χ3v) is 6.40. The van der Waals surface area contributed by atoms with E-state index in [1.807, 2.05) is 19.9 Å². The molecule has 4 rings (SSSR count). The molecule has 0 saturated carbocycles. The van der Waals surface area contributed by atoms with Crippen LogP contribution in [0.15, 0.2) is 54.6 Å². The normalized spacial score (nSPS) is 19.4. The Hall–Kier alpha value is -3.39. The van der Waals surface area contributed by atoms with Crippen LogP contribution in [0.1, 0.15) is 47.4 Å². The molecule has 2 fully saturated rings. The number of ether oxygens (including phenoxy) is 2. The molecule has 2 aliphatic heterocycles. The molecule has 2 aromatic carbocycles. The molecule has 0 bridgehead atoms. The maximum Gasteiger partial charge on any atom is 0.256 e. The van der Waals surface area contributed by atoms with E-state index in [0.29, 0.717) is 42.8 Å². The standard InChI is InChI=1S/C26H31N3O5/c1-18(2)27-23(30)22-17-34-26(29(22)25(32)19-7-5-4-6-8-19)13-15-28(16-14-26)24(31)20-9-11-21(33-3)12-10-20/h4-12,18,22H,13-17H2,1-3H3,(H,27,30). The zero-order chi connectivity index (χ0) is 24.3. The van der Waals surface area contributed by atoms with Gasteiger partial charge in [-0.15, -0.1) is 0 Å². The van der Waals surface area contributed by atoms with Crippen LogP contribution in [-0.4, -0.2) is 72.1 Å². The number of rotatable bonds is 5. The van der Waals surface area contributed by atoms with Crippen molar-refractivity contribution in [2.24, 2.45) is 0 Å². The molecule has 1 spiro atoms. The number of hydrogen-bond donors (Lipinski definition) is 1. The summed E-state index contributed by atoms with van der Waals surface area (Å²) < 4.78 is 11.4. The smallest absolute Gasteiger partial charge is 0.256 e. The van der Waals surface area contributed by atoms with Crippen LogP contribution in [0, 0.1) is 0 Å². The number of methoxy groups -OCH3 is 1. The number of carbonyl (C=O) groups excluding carboxylic acids is 3. The summed E-state index contributed by atoms with van der Waals surface area (Å²) in [6.45, 7) is 4.74. The summed E-state index contributed by atoms with van der Waals surface area (Å²) in [6.07, 6.45) is 0.859. The molecule has 0 aliphatic carbocycles. The van der Waals surface area contributed by atoms with Crippen molar-refractivity contribution in [3.63, 3.8) is 0 Å². The summed E-state index contributed by atoms with van der Waals surface area (Å²) in [7, 11) is 1.58. The van der Waals surface area contributed by atoms with E-state index in [9.17, 15) is 14.4 Å². The van der Waals surface area contributed by atoms with Crippen LogP contribution in [0.4, 0.5) is 0 Å². The molecule has 180 valence electrons. The first-order valence-electron chi connectivity index (χ1n) is 11.6. The van der Waals surface area contributed by atoms with E-state index < -0.39 is 11.8 Å². The topological polar surface area (TPSA) is 88.2 Å². The van der Waals surface area contributed by atoms with Gasteiger partial charge in [0.1, 0.15) is 17.5 Å². The fourth-order valence-corrected chi connectivity index (χ4v) is 4.64. The van der Waals surface area contributed by atoms with Crippen molar-refractivity contribution in [3.05, 3.63) is 65.7 Å². The average Bonchev–Trinajstić information content (AvgIpc) is 3.22. The van der Waals surface area contributed by atoms with Gasteiger partial charge in [-0.3, -0.25) is 19.3 Å². The molecular formula is C26H31N3O5. The predicted molar refractivity (Wildman–Crippen MR) is 126 cm³/mol. The molecule has 2 aromatic rings. The van der Waals surface area contributed by atoms with Gasteiger partial charge in [-0.05, 0) is 50.2 Å². The molecule has 0 aromatic heterocycles. The Morgan fingerprint density at radius 2 is 1.59 bits per heavy atom. The third-order valence-electron chi connectivity index (χ3n) is 6.40. The highest BCUT2D eigenvalue weighted by atomic mass is 16.5. The van der Waals surface area contributed by atoms with Crippen LogP contribution >= 0.6 is 0 Å². The molecule has 2 heterocycles. The molecule has 0 radical (unpaired) electrons. The van der Waals surface area contributed by atoms with Crippen molar-refractivity contribution in [1.29, 1.82) is 0 Å². The first kappa shape index (κ1) is 23.8. The lowest BCUT2D eigenvalue weighted by molar-refractivity contribution is -0.128. The fourth-order valence-electron chi connectivity index (χ4n) is 4.64. The van der Waals surface area contributed by atoms with Crippen LogP contribution in [0.25, 0.3) is 0 Å². The summed E-state index contributed by atoms with van der Waals surface area (Å²) in [4.78, 5) is 43.0. The minimum Gasteiger partial charge on any atom is -0.497 e. The Morgan fingerprint density at radius 3 is 2.18 bits per heavy atom. The minimum atomic E-state index is -0.928. The molecule has 2 saturated heterocycles. The Labute approximate surface area is 199 Å². The third kappa shape index (κ3) is 4.63. The Morgan fingerprint density at radius 1 is 0.971 bits per heavy atom. The van der Waals surface area contributed by atoms with Gasteiger partial charge in [-0.1, -0.05) is 18.2 Å². The first-order valence-corrected chi connectivity index (χ1v) is 11.6. The number of benzene rings is 2. The highest BCUT2D eigenvalue weighted by Crippen LogP contribution is 2.39. The van der Waals surface area contributed by atoms with Gasteiger partial charge in [0, 0.05) is 43.1 Å². The Kier molecular flexibility index (Phi) is 6.88. The van der Waals surface area contributed by atoms with Crippen LogP contribution in [0.3, 0.4) is 0 Å². The second kappa shape index (κ2) is 9.85. The molecule has 34 heavy (non-hydrogen) atoms. The van der Waals surface area contributed by atoms with Gasteiger partial charge in [0.15, 0.2) is 0 Å². The molecule has 8 heteroatoms. The Balaban J connectivity index is 1.54. The highest BCUT2D eigenvalue weighted by molar-refractivity contribution is 5.98. The number of nitrogens with zero attached hydrogens (tertiary/aromatic N) is 2. The molecule has 1 unspecified atom stereocenters. The van der Waals surface area contributed by atoms with Crippen LogP contribution in [0.2, 0.25) is 0 Å². The summed E-state index contributed by atoms with van der Waals surface area (Å²) in [5, 5.41) is 2.91. The van der Waals surface area contributed by atoms with Crippen molar-refractivity contribution >= 4 is 17.7 Å². The molecular weight excluding hydrogens is 434 g/mol. The van der Waals surface area contributed by atoms with Crippen molar-refractivity contribution in [3.8, 4) is 5.75 Å². The predicted octanol–water partition coefficient (Wildman–Crippen LogP) is 2.69. The lowest BCUT2D eigenvalue weighted by Gasteiger charge is -2.44. The summed E-state index contributed by atoms with van der Waals surface area (Å²) in [5.74, 6) is 0.143. The molecule has 2 aliphatic rings. The number of amides is 3. The summed E-state index contributed by atoms with van der Waals surface area (Å²) >= 11 is 0. The van der Waals surface area contributed by atoms with Gasteiger partial charge in [0.25, 0.3) is 11.8 Å². The van der Waals surface area contributed by atoms with E-state index in [2.05, 4.69) is 5.32 Å². The van der Waals surface area contributed by atoms with Crippen molar-refractivity contribution in [1.82, 2.24) is 15.1 Å². The number of hydrogen-bond acceptors (Lipinski definition) is 5. The molecule has 1 atom stereocenters. The summed E-state index contributed by atoms with van der Waals surface area (Å²) in [5.41, 5.74) is 0.157. The van der Waals surface area contributed by atoms with Gasteiger partial charge in [0.2, 0.25) is 5.91 Å². The van der Waals surface area contributed by atoms with Crippen LogP contribution < -0.4 is 10.1 Å². The van der Waals surface area contributed by atoms with E-state index >= 15 is 0 Å². The van der Waals surface area contributed by atoms with E-state index in [0.717, 1.165) is 0 Å². The molecule has 8 nitrogen and oxygen atoms in total. The van der Waals surface area contributed by atoms with Gasteiger partial charge >= 0.3 is 0 Å². The lowest BCUT2D eigenvalue weighted by Crippen LogP contribution is -2.60. The number of nitrogens with one attached hydrogen (secondary N) is 1. The molecule has 3 amide bonds. The quantitative estimate of drug-likeness (QED) is 0.734. The van der Waals surface area contributed by atoms with Gasteiger partial charge in [0.05, 0.1) is 13.7 Å². The van der Waals surface area contributed by atoms with E-state index in [-0.39, 0.29) is 30.4 Å². The van der Waals surface area contributed by atoms with Gasteiger partial charge in [-0.25, -0.2) is 0 Å². The average molecular weight is 466 g/mol. The van der Waals surface area contributed by atoms with Crippen molar-refractivity contribution in [2.75, 3.05) is 26.8 Å². The number of piperidine rings is 1. The second-order valence-corrected chi connectivity index (χ2v) is 9.00. The SMILES string of the molecule is COc1ccc(C(=O)N2CCC3(CC2)OCC(C(=O)NC(C)C)N3C(=O)c2ccccc2)cc1. The Bertz CT molecular complexity index is 1030. The zero-order valence-corrected chi connectivity index (χ0v) is 19.8. The van der Waals surface area contributed by atoms with E-state index in [4.69, 9.17) is 9.47 Å². The first-order chi connectivity index (χ1) is 16.3. The second-order valence-electron chi connectivity index (χ2n) is 9.00. The van der Waals surface area contributed by atoms with E-state index in [1.165, 1.54) is 0 Å². The number of carbonyl (C=O) groups is 3. The minimum absolute atomic E-state index is 0.0540. The zero-order valence-electron chi connectivity index (χ0n) is 19.8. The van der Waals surface area contributed by atoms with Gasteiger partial charge in [-0.2, -0.15) is 0 Å². The maximum absolute atomic E-state index is 13.6. The summed E-state index contributed by atoms with van der Waals surface area (Å²) in [6, 6.07) is 15.2. The molecule has 1 N–H and O–H groups in total. The van der Waals surface area contributed by atoms with E-state index in [1.54, 1.807) is 65.4 Å². The highest BCUT2D eigenvalue weighted by Gasteiger charge is 2.54. The van der Waals surface area contributed by atoms with Crippen molar-refractivity contribution < 1.29 is 23.9 Å². The maximum atomic E-state index is 13.6. The largest absolute Gasteiger partial charge is 0.497 e. The van der Waals surface area contributed by atoms with Crippen LogP contribution in [-0.2, 0) is 9.53 Å². The van der Waals surface area contributed by atoms with Gasteiger partial charge < -0.3 is 19.7 Å². The monoisotopic (exact) mass is 465 g/mol. The fraction of sp³-hybridized carbons (Fsp3) is 0.423. The van der Waals surface area contributed by atoms with Crippen molar-refractivity contribution in [2.45, 2.75) is 44.5 Å². The lowest BCUT2D eigenvalue weighted by atomic mass is 9.96.